The highest BCUT2D eigenvalue weighted by Crippen LogP contribution is 2.19. The number of aliphatic hydroxyl groups is 1. The van der Waals surface area contributed by atoms with Gasteiger partial charge in [0.2, 0.25) is 11.8 Å². The standard InChI is InChI=1S/C15H20N2O3/c1-15(20)7-8-17(11-15)10-14(19)16-13(18)9-12-5-3-2-4-6-12/h2-6,20H,7-11H2,1H3,(H,16,18,19). The molecule has 5 nitrogen and oxygen atoms in total. The molecule has 1 atom stereocenters. The van der Waals surface area contributed by atoms with Crippen molar-refractivity contribution < 1.29 is 14.7 Å². The third-order valence-corrected chi connectivity index (χ3v) is 3.38. The Bertz CT molecular complexity index is 485. The molecular formula is C15H20N2O3. The van der Waals surface area contributed by atoms with Crippen LogP contribution in [0, 0.1) is 0 Å². The van der Waals surface area contributed by atoms with Crippen LogP contribution in [0.5, 0.6) is 0 Å². The van der Waals surface area contributed by atoms with E-state index in [0.29, 0.717) is 19.5 Å². The Balaban J connectivity index is 1.76. The van der Waals surface area contributed by atoms with Crippen molar-refractivity contribution >= 4 is 11.8 Å². The Morgan fingerprint density at radius 1 is 1.30 bits per heavy atom. The summed E-state index contributed by atoms with van der Waals surface area (Å²) in [5.74, 6) is -0.615. The summed E-state index contributed by atoms with van der Waals surface area (Å²) in [6.07, 6.45) is 0.850. The summed E-state index contributed by atoms with van der Waals surface area (Å²) in [5, 5.41) is 12.2. The molecule has 1 unspecified atom stereocenters. The number of likely N-dealkylation sites (tertiary alicyclic amines) is 1. The Labute approximate surface area is 118 Å². The number of hydrogen-bond donors (Lipinski definition) is 2. The van der Waals surface area contributed by atoms with E-state index in [4.69, 9.17) is 0 Å². The molecule has 20 heavy (non-hydrogen) atoms. The van der Waals surface area contributed by atoms with Gasteiger partial charge < -0.3 is 5.11 Å². The number of carbonyl (C=O) groups is 2. The van der Waals surface area contributed by atoms with Gasteiger partial charge in [0.1, 0.15) is 0 Å². The second-order valence-electron chi connectivity index (χ2n) is 5.59. The largest absolute Gasteiger partial charge is 0.389 e. The van der Waals surface area contributed by atoms with Gasteiger partial charge in [-0.3, -0.25) is 19.8 Å². The van der Waals surface area contributed by atoms with Crippen LogP contribution < -0.4 is 5.32 Å². The lowest BCUT2D eigenvalue weighted by molar-refractivity contribution is -0.130. The van der Waals surface area contributed by atoms with Crippen LogP contribution in [0.4, 0.5) is 0 Å². The van der Waals surface area contributed by atoms with Crippen molar-refractivity contribution in [3.05, 3.63) is 35.9 Å². The summed E-state index contributed by atoms with van der Waals surface area (Å²) in [6.45, 7) is 3.04. The first-order chi connectivity index (χ1) is 9.44. The highest BCUT2D eigenvalue weighted by molar-refractivity contribution is 5.96. The number of β-amino-alcohol motifs (C(OH)–C–C–N with tert-alkyl or cyclic N) is 1. The van der Waals surface area contributed by atoms with Crippen LogP contribution in [-0.2, 0) is 16.0 Å². The van der Waals surface area contributed by atoms with Crippen molar-refractivity contribution in [2.24, 2.45) is 0 Å². The topological polar surface area (TPSA) is 69.6 Å². The average molecular weight is 276 g/mol. The van der Waals surface area contributed by atoms with Crippen molar-refractivity contribution in [2.45, 2.75) is 25.4 Å². The lowest BCUT2D eigenvalue weighted by Gasteiger charge is -2.18. The minimum atomic E-state index is -0.728. The number of benzene rings is 1. The third kappa shape index (κ3) is 4.43. The summed E-state index contributed by atoms with van der Waals surface area (Å²) in [4.78, 5) is 25.3. The maximum atomic E-state index is 11.8. The van der Waals surface area contributed by atoms with E-state index >= 15 is 0 Å². The van der Waals surface area contributed by atoms with Gasteiger partial charge in [0.25, 0.3) is 0 Å². The number of amides is 2. The van der Waals surface area contributed by atoms with Crippen LogP contribution in [0.2, 0.25) is 0 Å². The van der Waals surface area contributed by atoms with Crippen molar-refractivity contribution in [3.8, 4) is 0 Å². The minimum Gasteiger partial charge on any atom is -0.389 e. The van der Waals surface area contributed by atoms with E-state index in [1.165, 1.54) is 0 Å². The molecule has 2 rings (SSSR count). The van der Waals surface area contributed by atoms with E-state index in [0.717, 1.165) is 5.56 Å². The molecule has 1 aliphatic rings. The Morgan fingerprint density at radius 2 is 2.00 bits per heavy atom. The lowest BCUT2D eigenvalue weighted by atomic mass is 10.1. The average Bonchev–Trinajstić information content (AvgIpc) is 2.69. The minimum absolute atomic E-state index is 0.149. The molecule has 1 aliphatic heterocycles. The molecule has 1 heterocycles. The monoisotopic (exact) mass is 276 g/mol. The van der Waals surface area contributed by atoms with Gasteiger partial charge in [0, 0.05) is 13.1 Å². The van der Waals surface area contributed by atoms with Crippen LogP contribution in [0.15, 0.2) is 30.3 Å². The van der Waals surface area contributed by atoms with Crippen molar-refractivity contribution in [1.29, 1.82) is 0 Å². The van der Waals surface area contributed by atoms with Crippen molar-refractivity contribution in [3.63, 3.8) is 0 Å². The molecule has 1 saturated heterocycles. The van der Waals surface area contributed by atoms with Gasteiger partial charge in [0.05, 0.1) is 18.6 Å². The normalized spacial score (nSPS) is 22.7. The first-order valence-electron chi connectivity index (χ1n) is 6.76. The second-order valence-corrected chi connectivity index (χ2v) is 5.59. The Morgan fingerprint density at radius 3 is 2.60 bits per heavy atom. The first-order valence-corrected chi connectivity index (χ1v) is 6.76. The lowest BCUT2D eigenvalue weighted by Crippen LogP contribution is -2.41. The zero-order valence-corrected chi connectivity index (χ0v) is 11.6. The van der Waals surface area contributed by atoms with E-state index in [9.17, 15) is 14.7 Å². The number of nitrogens with zero attached hydrogens (tertiary/aromatic N) is 1. The predicted molar refractivity (Wildman–Crippen MR) is 75.0 cm³/mol. The van der Waals surface area contributed by atoms with Crippen LogP contribution in [0.25, 0.3) is 0 Å². The number of imide groups is 1. The van der Waals surface area contributed by atoms with Gasteiger partial charge in [-0.15, -0.1) is 0 Å². The van der Waals surface area contributed by atoms with Crippen LogP contribution in [0.3, 0.4) is 0 Å². The molecule has 0 bridgehead atoms. The van der Waals surface area contributed by atoms with Gasteiger partial charge in [-0.2, -0.15) is 0 Å². The smallest absolute Gasteiger partial charge is 0.240 e. The van der Waals surface area contributed by atoms with Crippen LogP contribution >= 0.6 is 0 Å². The van der Waals surface area contributed by atoms with Crippen molar-refractivity contribution in [1.82, 2.24) is 10.2 Å². The molecule has 1 aromatic rings. The molecule has 0 aromatic heterocycles. The Hall–Kier alpha value is -1.72. The predicted octanol–water partition coefficient (Wildman–Crippen LogP) is 0.329. The number of rotatable bonds is 4. The summed E-state index contributed by atoms with van der Waals surface area (Å²) < 4.78 is 0. The van der Waals surface area contributed by atoms with Gasteiger partial charge in [0.15, 0.2) is 0 Å². The number of hydrogen-bond acceptors (Lipinski definition) is 4. The van der Waals surface area contributed by atoms with Crippen LogP contribution in [-0.4, -0.2) is 47.1 Å². The molecule has 2 amide bonds. The maximum Gasteiger partial charge on any atom is 0.240 e. The fourth-order valence-electron chi connectivity index (χ4n) is 2.40. The summed E-state index contributed by atoms with van der Waals surface area (Å²) in [5.41, 5.74) is 0.149. The van der Waals surface area contributed by atoms with E-state index in [1.807, 2.05) is 35.2 Å². The van der Waals surface area contributed by atoms with E-state index in [1.54, 1.807) is 6.92 Å². The Kier molecular flexibility index (Phi) is 4.52. The second kappa shape index (κ2) is 6.15. The molecule has 1 aromatic carbocycles. The molecule has 2 N–H and O–H groups in total. The molecule has 1 fully saturated rings. The van der Waals surface area contributed by atoms with Gasteiger partial charge in [-0.25, -0.2) is 0 Å². The third-order valence-electron chi connectivity index (χ3n) is 3.38. The molecule has 0 saturated carbocycles. The van der Waals surface area contributed by atoms with Gasteiger partial charge in [-0.05, 0) is 18.9 Å². The quantitative estimate of drug-likeness (QED) is 0.831. The number of nitrogens with one attached hydrogen (secondary N) is 1. The maximum absolute atomic E-state index is 11.8. The SMILES string of the molecule is CC1(O)CCN(CC(=O)NC(=O)Cc2ccccc2)C1. The molecule has 0 radical (unpaired) electrons. The van der Waals surface area contributed by atoms with E-state index in [2.05, 4.69) is 5.32 Å². The van der Waals surface area contributed by atoms with Crippen molar-refractivity contribution in [2.75, 3.05) is 19.6 Å². The molecule has 0 aliphatic carbocycles. The highest BCUT2D eigenvalue weighted by atomic mass is 16.3. The molecule has 0 spiro atoms. The highest BCUT2D eigenvalue weighted by Gasteiger charge is 2.32. The summed E-state index contributed by atoms with van der Waals surface area (Å²) >= 11 is 0. The zero-order valence-electron chi connectivity index (χ0n) is 11.6. The fourth-order valence-corrected chi connectivity index (χ4v) is 2.40. The van der Waals surface area contributed by atoms with Gasteiger partial charge >= 0.3 is 0 Å². The molecule has 5 heteroatoms. The molecular weight excluding hydrogens is 256 g/mol. The number of carbonyl (C=O) groups excluding carboxylic acids is 2. The molecule has 108 valence electrons. The first kappa shape index (κ1) is 14.7. The van der Waals surface area contributed by atoms with Crippen LogP contribution in [0.1, 0.15) is 18.9 Å². The zero-order chi connectivity index (χ0) is 14.6. The van der Waals surface area contributed by atoms with Gasteiger partial charge in [-0.1, -0.05) is 30.3 Å². The van der Waals surface area contributed by atoms with E-state index < -0.39 is 5.60 Å². The fraction of sp³-hybridized carbons (Fsp3) is 0.467. The van der Waals surface area contributed by atoms with E-state index in [-0.39, 0.29) is 24.8 Å². The summed E-state index contributed by atoms with van der Waals surface area (Å²) in [7, 11) is 0. The summed E-state index contributed by atoms with van der Waals surface area (Å²) in [6, 6.07) is 9.29.